The number of carboxylic acids is 1. The number of hydrogen-bond donors (Lipinski definition) is 1. The topological polar surface area (TPSA) is 65.0 Å². The molecule has 0 fully saturated rings. The van der Waals surface area contributed by atoms with E-state index >= 15 is 0 Å². The molecule has 0 radical (unpaired) electrons. The highest BCUT2D eigenvalue weighted by molar-refractivity contribution is 5.89. The zero-order valence-corrected chi connectivity index (χ0v) is 14.6. The van der Waals surface area contributed by atoms with Gasteiger partial charge in [0.25, 0.3) is 0 Å². The van der Waals surface area contributed by atoms with Crippen LogP contribution < -0.4 is 9.47 Å². The number of methoxy groups -OCH3 is 2. The molecular formula is C20H22O5. The van der Waals surface area contributed by atoms with Crippen LogP contribution in [0.2, 0.25) is 0 Å². The van der Waals surface area contributed by atoms with E-state index in [0.29, 0.717) is 12.4 Å². The fourth-order valence-electron chi connectivity index (χ4n) is 2.40. The molecule has 1 atom stereocenters. The van der Waals surface area contributed by atoms with Crippen molar-refractivity contribution in [2.24, 2.45) is 0 Å². The largest absolute Gasteiger partial charge is 0.496 e. The molecule has 0 bridgehead atoms. The van der Waals surface area contributed by atoms with Crippen molar-refractivity contribution >= 4 is 18.1 Å². The molecule has 132 valence electrons. The summed E-state index contributed by atoms with van der Waals surface area (Å²) in [5.74, 6) is 0.235. The predicted octanol–water partition coefficient (Wildman–Crippen LogP) is 3.98. The van der Waals surface area contributed by atoms with Crippen molar-refractivity contribution in [1.29, 1.82) is 0 Å². The lowest BCUT2D eigenvalue weighted by Crippen LogP contribution is -2.18. The molecule has 5 nitrogen and oxygen atoms in total. The van der Waals surface area contributed by atoms with Gasteiger partial charge in [-0.3, -0.25) is 0 Å². The van der Waals surface area contributed by atoms with Crippen LogP contribution in [0.3, 0.4) is 0 Å². The molecule has 0 unspecified atom stereocenters. The molecule has 5 heteroatoms. The number of rotatable bonds is 8. The van der Waals surface area contributed by atoms with Crippen LogP contribution in [-0.2, 0) is 4.74 Å². The molecule has 0 aliphatic rings. The Bertz CT molecular complexity index is 752. The molecule has 0 aromatic heterocycles. The first-order chi connectivity index (χ1) is 12.0. The van der Waals surface area contributed by atoms with Crippen molar-refractivity contribution in [2.45, 2.75) is 13.0 Å². The van der Waals surface area contributed by atoms with Crippen molar-refractivity contribution < 1.29 is 24.1 Å². The van der Waals surface area contributed by atoms with Crippen LogP contribution in [0.25, 0.3) is 12.2 Å². The summed E-state index contributed by atoms with van der Waals surface area (Å²) in [6, 6.07) is 12.5. The molecule has 0 amide bonds. The second kappa shape index (κ2) is 8.89. The van der Waals surface area contributed by atoms with Crippen molar-refractivity contribution in [3.05, 3.63) is 59.2 Å². The number of para-hydroxylation sites is 1. The van der Waals surface area contributed by atoms with Crippen LogP contribution in [0.5, 0.6) is 11.5 Å². The van der Waals surface area contributed by atoms with E-state index in [1.807, 2.05) is 43.3 Å². The number of carboxylic acid groups (broad SMARTS) is 1. The van der Waals surface area contributed by atoms with Gasteiger partial charge in [-0.1, -0.05) is 30.4 Å². The standard InChI is InChI=1S/C20H22O5/c1-14(13-23-2)25-18-11-15(10-17(12-18)20(21)22)8-9-16-6-4-5-7-19(16)24-3/h4-12,14H,13H2,1-3H3,(H,21,22)/b9-8+/t14-/m0/s1. The lowest BCUT2D eigenvalue weighted by atomic mass is 10.1. The molecule has 2 rings (SSSR count). The van der Waals surface area contributed by atoms with E-state index in [4.69, 9.17) is 14.2 Å². The van der Waals surface area contributed by atoms with Gasteiger partial charge in [-0.15, -0.1) is 0 Å². The van der Waals surface area contributed by atoms with Gasteiger partial charge in [-0.05, 0) is 36.8 Å². The van der Waals surface area contributed by atoms with Crippen LogP contribution >= 0.6 is 0 Å². The highest BCUT2D eigenvalue weighted by Gasteiger charge is 2.10. The van der Waals surface area contributed by atoms with Crippen LogP contribution in [0.15, 0.2) is 42.5 Å². The maximum absolute atomic E-state index is 11.4. The number of hydrogen-bond acceptors (Lipinski definition) is 4. The summed E-state index contributed by atoms with van der Waals surface area (Å²) in [7, 11) is 3.20. The number of benzene rings is 2. The molecular weight excluding hydrogens is 320 g/mol. The molecule has 0 saturated carbocycles. The van der Waals surface area contributed by atoms with Crippen molar-refractivity contribution in [3.8, 4) is 11.5 Å². The summed E-state index contributed by atoms with van der Waals surface area (Å²) in [4.78, 5) is 11.4. The van der Waals surface area contributed by atoms with Gasteiger partial charge in [0.05, 0.1) is 19.3 Å². The minimum atomic E-state index is -1.00. The van der Waals surface area contributed by atoms with Gasteiger partial charge in [0.1, 0.15) is 17.6 Å². The third kappa shape index (κ3) is 5.36. The van der Waals surface area contributed by atoms with Crippen molar-refractivity contribution in [2.75, 3.05) is 20.8 Å². The van der Waals surface area contributed by atoms with E-state index in [2.05, 4.69) is 0 Å². The Morgan fingerprint density at radius 2 is 1.92 bits per heavy atom. The van der Waals surface area contributed by atoms with Crippen LogP contribution in [0.1, 0.15) is 28.4 Å². The van der Waals surface area contributed by atoms with Crippen molar-refractivity contribution in [1.82, 2.24) is 0 Å². The van der Waals surface area contributed by atoms with Crippen molar-refractivity contribution in [3.63, 3.8) is 0 Å². The Labute approximate surface area is 147 Å². The van der Waals surface area contributed by atoms with Crippen LogP contribution in [-0.4, -0.2) is 38.0 Å². The Hall–Kier alpha value is -2.79. The molecule has 0 saturated heterocycles. The SMILES string of the molecule is COC[C@H](C)Oc1cc(/C=C/c2ccccc2OC)cc(C(=O)O)c1. The molecule has 1 N–H and O–H groups in total. The van der Waals surface area contributed by atoms with Gasteiger partial charge in [-0.25, -0.2) is 4.79 Å². The minimum absolute atomic E-state index is 0.168. The number of carbonyl (C=O) groups is 1. The Morgan fingerprint density at radius 3 is 2.60 bits per heavy atom. The summed E-state index contributed by atoms with van der Waals surface area (Å²) in [6.45, 7) is 2.28. The third-order valence-electron chi connectivity index (χ3n) is 3.51. The third-order valence-corrected chi connectivity index (χ3v) is 3.51. The highest BCUT2D eigenvalue weighted by atomic mass is 16.5. The lowest BCUT2D eigenvalue weighted by Gasteiger charge is -2.14. The maximum Gasteiger partial charge on any atom is 0.335 e. The molecule has 0 aliphatic heterocycles. The zero-order valence-electron chi connectivity index (χ0n) is 14.6. The fraction of sp³-hybridized carbons (Fsp3) is 0.250. The van der Waals surface area contributed by atoms with Gasteiger partial charge in [0.2, 0.25) is 0 Å². The molecule has 25 heavy (non-hydrogen) atoms. The van der Waals surface area contributed by atoms with E-state index in [9.17, 15) is 9.90 Å². The number of aromatic carboxylic acids is 1. The number of ether oxygens (including phenoxy) is 3. The molecule has 0 heterocycles. The predicted molar refractivity (Wildman–Crippen MR) is 97.3 cm³/mol. The van der Waals surface area contributed by atoms with E-state index in [1.165, 1.54) is 6.07 Å². The van der Waals surface area contributed by atoms with Crippen LogP contribution in [0.4, 0.5) is 0 Å². The average molecular weight is 342 g/mol. The highest BCUT2D eigenvalue weighted by Crippen LogP contribution is 2.23. The fourth-order valence-corrected chi connectivity index (χ4v) is 2.40. The smallest absolute Gasteiger partial charge is 0.335 e. The molecule has 0 spiro atoms. The second-order valence-corrected chi connectivity index (χ2v) is 5.55. The molecule has 2 aromatic carbocycles. The van der Waals surface area contributed by atoms with Gasteiger partial charge in [0, 0.05) is 12.7 Å². The van der Waals surface area contributed by atoms with E-state index < -0.39 is 5.97 Å². The second-order valence-electron chi connectivity index (χ2n) is 5.55. The summed E-state index contributed by atoms with van der Waals surface area (Å²) >= 11 is 0. The van der Waals surface area contributed by atoms with Gasteiger partial charge < -0.3 is 19.3 Å². The first kappa shape index (κ1) is 18.5. The Balaban J connectivity index is 2.31. The minimum Gasteiger partial charge on any atom is -0.496 e. The molecule has 0 aliphatic carbocycles. The lowest BCUT2D eigenvalue weighted by molar-refractivity contribution is 0.0694. The zero-order chi connectivity index (χ0) is 18.2. The summed E-state index contributed by atoms with van der Waals surface area (Å²) < 4.78 is 16.1. The van der Waals surface area contributed by atoms with E-state index in [1.54, 1.807) is 26.4 Å². The van der Waals surface area contributed by atoms with E-state index in [-0.39, 0.29) is 11.7 Å². The first-order valence-electron chi connectivity index (χ1n) is 7.88. The molecule has 2 aromatic rings. The van der Waals surface area contributed by atoms with Gasteiger partial charge in [0.15, 0.2) is 0 Å². The summed E-state index contributed by atoms with van der Waals surface area (Å²) in [5, 5.41) is 9.31. The first-order valence-corrected chi connectivity index (χ1v) is 7.88. The Morgan fingerprint density at radius 1 is 1.16 bits per heavy atom. The summed E-state index contributed by atoms with van der Waals surface area (Å²) in [5.41, 5.74) is 1.80. The quantitative estimate of drug-likeness (QED) is 0.735. The monoisotopic (exact) mass is 342 g/mol. The maximum atomic E-state index is 11.4. The Kier molecular flexibility index (Phi) is 6.60. The van der Waals surface area contributed by atoms with Gasteiger partial charge >= 0.3 is 5.97 Å². The van der Waals surface area contributed by atoms with Gasteiger partial charge in [-0.2, -0.15) is 0 Å². The van der Waals surface area contributed by atoms with Crippen LogP contribution in [0, 0.1) is 0 Å². The average Bonchev–Trinajstić information content (AvgIpc) is 2.60. The normalized spacial score (nSPS) is 12.1. The van der Waals surface area contributed by atoms with E-state index in [0.717, 1.165) is 16.9 Å². The summed E-state index contributed by atoms with van der Waals surface area (Å²) in [6.07, 6.45) is 3.53.